The minimum absolute atomic E-state index is 0.0242. The number of likely N-dealkylation sites (tertiary alicyclic amines) is 1. The Morgan fingerprint density at radius 2 is 2.15 bits per heavy atom. The molecule has 20 heavy (non-hydrogen) atoms. The highest BCUT2D eigenvalue weighted by Crippen LogP contribution is 2.19. The third-order valence-corrected chi connectivity index (χ3v) is 4.23. The standard InChI is InChI=1S/C16H25N3O/c1-11-5-6-14(15(9-11)17-3)16(20)18-13-7-8-19(4)12(2)10-13/h5-6,9,12-13,17H,7-8,10H2,1-4H3,(H,18,20). The van der Waals surface area contributed by atoms with Gasteiger partial charge in [-0.2, -0.15) is 0 Å². The molecular formula is C16H25N3O. The molecule has 1 saturated heterocycles. The molecule has 0 bridgehead atoms. The lowest BCUT2D eigenvalue weighted by Crippen LogP contribution is -2.47. The van der Waals surface area contributed by atoms with E-state index in [1.54, 1.807) is 0 Å². The van der Waals surface area contributed by atoms with Crippen molar-refractivity contribution in [1.82, 2.24) is 10.2 Å². The Hall–Kier alpha value is -1.55. The van der Waals surface area contributed by atoms with Crippen LogP contribution in [0, 0.1) is 6.92 Å². The molecule has 2 atom stereocenters. The summed E-state index contributed by atoms with van der Waals surface area (Å²) in [6.45, 7) is 5.28. The predicted octanol–water partition coefficient (Wildman–Crippen LogP) is 2.25. The zero-order chi connectivity index (χ0) is 14.7. The van der Waals surface area contributed by atoms with Crippen LogP contribution < -0.4 is 10.6 Å². The van der Waals surface area contributed by atoms with Crippen molar-refractivity contribution in [2.75, 3.05) is 26.0 Å². The summed E-state index contributed by atoms with van der Waals surface area (Å²) in [5.41, 5.74) is 2.77. The van der Waals surface area contributed by atoms with E-state index < -0.39 is 0 Å². The van der Waals surface area contributed by atoms with Crippen LogP contribution in [0.2, 0.25) is 0 Å². The van der Waals surface area contributed by atoms with Gasteiger partial charge in [0.05, 0.1) is 5.56 Å². The van der Waals surface area contributed by atoms with E-state index in [1.165, 1.54) is 0 Å². The Kier molecular flexibility index (Phi) is 4.65. The van der Waals surface area contributed by atoms with Crippen LogP contribution in [0.15, 0.2) is 18.2 Å². The Morgan fingerprint density at radius 3 is 2.80 bits per heavy atom. The van der Waals surface area contributed by atoms with Crippen LogP contribution in [0.3, 0.4) is 0 Å². The minimum atomic E-state index is 0.0242. The zero-order valence-electron chi connectivity index (χ0n) is 12.9. The fourth-order valence-electron chi connectivity index (χ4n) is 2.75. The first-order valence-corrected chi connectivity index (χ1v) is 7.30. The topological polar surface area (TPSA) is 44.4 Å². The molecule has 110 valence electrons. The quantitative estimate of drug-likeness (QED) is 0.889. The van der Waals surface area contributed by atoms with E-state index in [0.717, 1.165) is 36.2 Å². The lowest BCUT2D eigenvalue weighted by atomic mass is 9.98. The van der Waals surface area contributed by atoms with E-state index in [-0.39, 0.29) is 11.9 Å². The summed E-state index contributed by atoms with van der Waals surface area (Å²) in [7, 11) is 3.99. The average molecular weight is 275 g/mol. The number of benzene rings is 1. The molecule has 0 saturated carbocycles. The van der Waals surface area contributed by atoms with Crippen LogP contribution in [0.4, 0.5) is 5.69 Å². The number of hydrogen-bond donors (Lipinski definition) is 2. The molecule has 4 nitrogen and oxygen atoms in total. The molecule has 4 heteroatoms. The molecule has 1 amide bonds. The molecule has 2 rings (SSSR count). The van der Waals surface area contributed by atoms with Crippen LogP contribution in [-0.2, 0) is 0 Å². The second kappa shape index (κ2) is 6.27. The highest BCUT2D eigenvalue weighted by Gasteiger charge is 2.24. The van der Waals surface area contributed by atoms with Gasteiger partial charge < -0.3 is 15.5 Å². The number of amides is 1. The Labute approximate surface area is 121 Å². The van der Waals surface area contributed by atoms with E-state index in [4.69, 9.17) is 0 Å². The number of carbonyl (C=O) groups is 1. The van der Waals surface area contributed by atoms with E-state index in [2.05, 4.69) is 29.5 Å². The Morgan fingerprint density at radius 1 is 1.40 bits per heavy atom. The van der Waals surface area contributed by atoms with Crippen LogP contribution in [0.1, 0.15) is 35.7 Å². The second-order valence-corrected chi connectivity index (χ2v) is 5.82. The van der Waals surface area contributed by atoms with Crippen LogP contribution in [0.25, 0.3) is 0 Å². The highest BCUT2D eigenvalue weighted by atomic mass is 16.1. The van der Waals surface area contributed by atoms with Crippen molar-refractivity contribution in [1.29, 1.82) is 0 Å². The van der Waals surface area contributed by atoms with E-state index in [9.17, 15) is 4.79 Å². The number of hydrogen-bond acceptors (Lipinski definition) is 3. The third-order valence-electron chi connectivity index (χ3n) is 4.23. The van der Waals surface area contributed by atoms with Crippen LogP contribution in [0.5, 0.6) is 0 Å². The van der Waals surface area contributed by atoms with Crippen molar-refractivity contribution < 1.29 is 4.79 Å². The maximum atomic E-state index is 12.4. The molecule has 0 radical (unpaired) electrons. The largest absolute Gasteiger partial charge is 0.387 e. The highest BCUT2D eigenvalue weighted by molar-refractivity contribution is 5.99. The van der Waals surface area contributed by atoms with E-state index in [1.807, 2.05) is 32.2 Å². The first-order chi connectivity index (χ1) is 9.51. The molecule has 1 aromatic carbocycles. The first-order valence-electron chi connectivity index (χ1n) is 7.30. The number of rotatable bonds is 3. The third kappa shape index (κ3) is 3.31. The van der Waals surface area contributed by atoms with Crippen molar-refractivity contribution in [3.63, 3.8) is 0 Å². The SMILES string of the molecule is CNc1cc(C)ccc1C(=O)NC1CCN(C)C(C)C1. The fourth-order valence-corrected chi connectivity index (χ4v) is 2.75. The summed E-state index contributed by atoms with van der Waals surface area (Å²) in [6.07, 6.45) is 2.04. The number of carbonyl (C=O) groups excluding carboxylic acids is 1. The van der Waals surface area contributed by atoms with Gasteiger partial charge in [-0.25, -0.2) is 0 Å². The maximum Gasteiger partial charge on any atom is 0.253 e. The number of piperidine rings is 1. The summed E-state index contributed by atoms with van der Waals surface area (Å²) in [5, 5.41) is 6.28. The molecule has 1 aliphatic heterocycles. The zero-order valence-corrected chi connectivity index (χ0v) is 12.9. The molecule has 0 aliphatic carbocycles. The maximum absolute atomic E-state index is 12.4. The Bertz CT molecular complexity index is 487. The van der Waals surface area contributed by atoms with Crippen molar-refractivity contribution in [2.45, 2.75) is 38.8 Å². The summed E-state index contributed by atoms with van der Waals surface area (Å²) in [4.78, 5) is 14.8. The van der Waals surface area contributed by atoms with Gasteiger partial charge in [0.2, 0.25) is 0 Å². The van der Waals surface area contributed by atoms with Gasteiger partial charge in [0.25, 0.3) is 5.91 Å². The molecule has 1 aromatic rings. The van der Waals surface area contributed by atoms with Crippen LogP contribution in [-0.4, -0.2) is 43.5 Å². The summed E-state index contributed by atoms with van der Waals surface area (Å²) < 4.78 is 0. The average Bonchev–Trinajstić information content (AvgIpc) is 2.42. The second-order valence-electron chi connectivity index (χ2n) is 5.82. The molecule has 0 aromatic heterocycles. The first kappa shape index (κ1) is 14.9. The van der Waals surface area contributed by atoms with Crippen molar-refractivity contribution >= 4 is 11.6 Å². The van der Waals surface area contributed by atoms with Gasteiger partial charge in [0.15, 0.2) is 0 Å². The fraction of sp³-hybridized carbons (Fsp3) is 0.562. The number of anilines is 1. The Balaban J connectivity index is 2.05. The monoisotopic (exact) mass is 275 g/mol. The molecule has 2 N–H and O–H groups in total. The lowest BCUT2D eigenvalue weighted by Gasteiger charge is -2.35. The molecular weight excluding hydrogens is 250 g/mol. The summed E-state index contributed by atoms with van der Waals surface area (Å²) in [6, 6.07) is 6.68. The number of nitrogens with zero attached hydrogens (tertiary/aromatic N) is 1. The van der Waals surface area contributed by atoms with E-state index in [0.29, 0.717) is 6.04 Å². The van der Waals surface area contributed by atoms with Gasteiger partial charge in [0, 0.05) is 31.4 Å². The van der Waals surface area contributed by atoms with Gasteiger partial charge in [-0.1, -0.05) is 6.07 Å². The van der Waals surface area contributed by atoms with Gasteiger partial charge in [-0.05, 0) is 51.4 Å². The van der Waals surface area contributed by atoms with Crippen LogP contribution >= 0.6 is 0 Å². The molecule has 1 aliphatic rings. The van der Waals surface area contributed by atoms with Crippen molar-refractivity contribution in [2.24, 2.45) is 0 Å². The molecule has 1 heterocycles. The smallest absolute Gasteiger partial charge is 0.253 e. The molecule has 1 fully saturated rings. The summed E-state index contributed by atoms with van der Waals surface area (Å²) >= 11 is 0. The van der Waals surface area contributed by atoms with Crippen molar-refractivity contribution in [3.8, 4) is 0 Å². The minimum Gasteiger partial charge on any atom is -0.387 e. The number of nitrogens with one attached hydrogen (secondary N) is 2. The lowest BCUT2D eigenvalue weighted by molar-refractivity contribution is 0.0897. The normalized spacial score (nSPS) is 23.4. The van der Waals surface area contributed by atoms with Gasteiger partial charge in [-0.3, -0.25) is 4.79 Å². The van der Waals surface area contributed by atoms with Gasteiger partial charge in [0.1, 0.15) is 0 Å². The van der Waals surface area contributed by atoms with Gasteiger partial charge >= 0.3 is 0 Å². The van der Waals surface area contributed by atoms with Crippen molar-refractivity contribution in [3.05, 3.63) is 29.3 Å². The predicted molar refractivity (Wildman–Crippen MR) is 83.3 cm³/mol. The van der Waals surface area contributed by atoms with Gasteiger partial charge in [-0.15, -0.1) is 0 Å². The molecule has 2 unspecified atom stereocenters. The van der Waals surface area contributed by atoms with E-state index >= 15 is 0 Å². The number of aryl methyl sites for hydroxylation is 1. The molecule has 0 spiro atoms. The summed E-state index contributed by atoms with van der Waals surface area (Å²) in [5.74, 6) is 0.0242.